The van der Waals surface area contributed by atoms with Crippen molar-refractivity contribution in [2.45, 2.75) is 24.5 Å². The maximum absolute atomic E-state index is 11.8. The average molecular weight is 258 g/mol. The molecule has 18 heavy (non-hydrogen) atoms. The van der Waals surface area contributed by atoms with Crippen LogP contribution in [-0.4, -0.2) is 49.4 Å². The van der Waals surface area contributed by atoms with Gasteiger partial charge in [-0.15, -0.1) is 0 Å². The van der Waals surface area contributed by atoms with Crippen LogP contribution in [0.15, 0.2) is 21.9 Å². The van der Waals surface area contributed by atoms with Gasteiger partial charge in [0.2, 0.25) is 0 Å². The number of rotatable bonds is 2. The smallest absolute Gasteiger partial charge is 0.332 e. The molecule has 0 spiro atoms. The van der Waals surface area contributed by atoms with Crippen molar-refractivity contribution in [1.29, 1.82) is 0 Å². The van der Waals surface area contributed by atoms with Gasteiger partial charge in [-0.25, -0.2) is 4.79 Å². The summed E-state index contributed by atoms with van der Waals surface area (Å²) >= 11 is 0. The molecule has 1 aromatic rings. The summed E-state index contributed by atoms with van der Waals surface area (Å²) in [6, 6.07) is 1.15. The Kier molecular flexibility index (Phi) is 3.35. The van der Waals surface area contributed by atoms with E-state index in [1.54, 1.807) is 0 Å². The van der Waals surface area contributed by atoms with Crippen LogP contribution in [-0.2, 0) is 11.8 Å². The van der Waals surface area contributed by atoms with Crippen LogP contribution in [0.4, 0.5) is 0 Å². The van der Waals surface area contributed by atoms with Crippen molar-refractivity contribution in [3.63, 3.8) is 0 Å². The molecule has 0 bridgehead atoms. The number of hydrogen-bond donors (Lipinski definition) is 3. The predicted molar refractivity (Wildman–Crippen MR) is 59.0 cm³/mol. The van der Waals surface area contributed by atoms with Crippen LogP contribution < -0.4 is 11.2 Å². The van der Waals surface area contributed by atoms with E-state index in [0.29, 0.717) is 0 Å². The molecule has 4 atom stereocenters. The number of aliphatic hydroxyl groups is 3. The first-order chi connectivity index (χ1) is 8.47. The number of aliphatic hydroxyl groups excluding tert-OH is 3. The lowest BCUT2D eigenvalue weighted by atomic mass is 10.1. The quantitative estimate of drug-likeness (QED) is 0.526. The highest BCUT2D eigenvalue weighted by molar-refractivity contribution is 4.93. The Balaban J connectivity index is 2.42. The molecule has 2 heterocycles. The molecule has 0 saturated carbocycles. The van der Waals surface area contributed by atoms with Crippen molar-refractivity contribution in [1.82, 2.24) is 9.13 Å². The summed E-state index contributed by atoms with van der Waals surface area (Å²) in [5.74, 6) is 0. The SMILES string of the molecule is Cn1c(=O)ccn(C2O[C@H](CO)[C@@H](O)[C@H]2O)c1=O. The van der Waals surface area contributed by atoms with Gasteiger partial charge in [-0.05, 0) is 0 Å². The zero-order valence-corrected chi connectivity index (χ0v) is 9.63. The molecule has 100 valence electrons. The van der Waals surface area contributed by atoms with Crippen molar-refractivity contribution >= 4 is 0 Å². The van der Waals surface area contributed by atoms with Gasteiger partial charge in [-0.2, -0.15) is 0 Å². The van der Waals surface area contributed by atoms with Crippen molar-refractivity contribution in [2.24, 2.45) is 7.05 Å². The summed E-state index contributed by atoms with van der Waals surface area (Å²) in [6.07, 6.45) is -3.54. The molecule has 8 nitrogen and oxygen atoms in total. The Morgan fingerprint density at radius 1 is 1.33 bits per heavy atom. The van der Waals surface area contributed by atoms with E-state index in [-0.39, 0.29) is 0 Å². The number of hydrogen-bond acceptors (Lipinski definition) is 6. The third kappa shape index (κ3) is 1.89. The number of aromatic nitrogens is 2. The predicted octanol–water partition coefficient (Wildman–Crippen LogP) is -2.84. The second-order valence-corrected chi connectivity index (χ2v) is 4.13. The van der Waals surface area contributed by atoms with Crippen LogP contribution in [0.25, 0.3) is 0 Å². The molecular weight excluding hydrogens is 244 g/mol. The van der Waals surface area contributed by atoms with Gasteiger partial charge in [0.15, 0.2) is 6.23 Å². The molecule has 0 aromatic carbocycles. The third-order valence-electron chi connectivity index (χ3n) is 3.01. The summed E-state index contributed by atoms with van der Waals surface area (Å²) in [7, 11) is 1.29. The summed E-state index contributed by atoms with van der Waals surface area (Å²) < 4.78 is 7.06. The maximum Gasteiger partial charge on any atom is 0.332 e. The van der Waals surface area contributed by atoms with Gasteiger partial charge in [0.05, 0.1) is 6.61 Å². The van der Waals surface area contributed by atoms with Crippen LogP contribution in [0.2, 0.25) is 0 Å². The molecule has 0 amide bonds. The van der Waals surface area contributed by atoms with Crippen molar-refractivity contribution < 1.29 is 20.1 Å². The van der Waals surface area contributed by atoms with Gasteiger partial charge >= 0.3 is 5.69 Å². The van der Waals surface area contributed by atoms with E-state index in [1.807, 2.05) is 0 Å². The maximum atomic E-state index is 11.8. The summed E-state index contributed by atoms with van der Waals surface area (Å²) in [5, 5.41) is 28.3. The van der Waals surface area contributed by atoms with Crippen LogP contribution in [0.5, 0.6) is 0 Å². The van der Waals surface area contributed by atoms with E-state index in [4.69, 9.17) is 9.84 Å². The largest absolute Gasteiger partial charge is 0.394 e. The Hall–Kier alpha value is -1.48. The van der Waals surface area contributed by atoms with Crippen molar-refractivity contribution in [2.75, 3.05) is 6.61 Å². The molecule has 2 rings (SSSR count). The fraction of sp³-hybridized carbons (Fsp3) is 0.600. The summed E-state index contributed by atoms with van der Waals surface area (Å²) in [5.41, 5.74) is -1.15. The van der Waals surface area contributed by atoms with E-state index in [1.165, 1.54) is 13.2 Å². The van der Waals surface area contributed by atoms with Gasteiger partial charge in [0, 0.05) is 19.3 Å². The van der Waals surface area contributed by atoms with E-state index in [2.05, 4.69) is 0 Å². The standard InChI is InChI=1S/C10H14N2O6/c1-11-6(14)2-3-12(10(11)17)9-8(16)7(15)5(4-13)18-9/h2-3,5,7-9,13,15-16H,4H2,1H3/t5-,7-,8-,9?/m1/s1. The minimum atomic E-state index is -1.35. The van der Waals surface area contributed by atoms with Gasteiger partial charge in [0.1, 0.15) is 18.3 Å². The lowest BCUT2D eigenvalue weighted by Crippen LogP contribution is -2.41. The van der Waals surface area contributed by atoms with Crippen molar-refractivity contribution in [3.8, 4) is 0 Å². The van der Waals surface area contributed by atoms with Crippen LogP contribution in [0.3, 0.4) is 0 Å². The van der Waals surface area contributed by atoms with Gasteiger partial charge in [-0.3, -0.25) is 13.9 Å². The van der Waals surface area contributed by atoms with Gasteiger partial charge < -0.3 is 20.1 Å². The topological polar surface area (TPSA) is 114 Å². The molecule has 0 aliphatic carbocycles. The molecule has 1 unspecified atom stereocenters. The number of ether oxygens (including phenoxy) is 1. The van der Waals surface area contributed by atoms with Crippen LogP contribution >= 0.6 is 0 Å². The van der Waals surface area contributed by atoms with E-state index in [0.717, 1.165) is 15.2 Å². The van der Waals surface area contributed by atoms with Crippen LogP contribution in [0, 0.1) is 0 Å². The van der Waals surface area contributed by atoms with E-state index < -0.39 is 42.4 Å². The molecule has 1 fully saturated rings. The van der Waals surface area contributed by atoms with Crippen LogP contribution in [0.1, 0.15) is 6.23 Å². The first kappa shape index (κ1) is 13.0. The molecule has 3 N–H and O–H groups in total. The van der Waals surface area contributed by atoms with E-state index >= 15 is 0 Å². The highest BCUT2D eigenvalue weighted by Crippen LogP contribution is 2.27. The third-order valence-corrected chi connectivity index (χ3v) is 3.01. The monoisotopic (exact) mass is 258 g/mol. The zero-order valence-electron chi connectivity index (χ0n) is 9.63. The van der Waals surface area contributed by atoms with E-state index in [9.17, 15) is 19.8 Å². The Morgan fingerprint density at radius 2 is 2.00 bits per heavy atom. The highest BCUT2D eigenvalue weighted by atomic mass is 16.6. The molecule has 1 aliphatic rings. The second kappa shape index (κ2) is 4.65. The highest BCUT2D eigenvalue weighted by Gasteiger charge is 2.43. The second-order valence-electron chi connectivity index (χ2n) is 4.13. The minimum absolute atomic E-state index is 0.477. The summed E-state index contributed by atoms with van der Waals surface area (Å²) in [6.45, 7) is -0.477. The molecular formula is C10H14N2O6. The zero-order chi connectivity index (χ0) is 13.4. The van der Waals surface area contributed by atoms with Crippen molar-refractivity contribution in [3.05, 3.63) is 33.1 Å². The Morgan fingerprint density at radius 3 is 2.56 bits per heavy atom. The molecule has 0 radical (unpaired) electrons. The first-order valence-corrected chi connectivity index (χ1v) is 5.38. The minimum Gasteiger partial charge on any atom is -0.394 e. The summed E-state index contributed by atoms with van der Waals surface area (Å²) in [4.78, 5) is 23.0. The molecule has 1 aromatic heterocycles. The lowest BCUT2D eigenvalue weighted by molar-refractivity contribution is -0.0555. The fourth-order valence-corrected chi connectivity index (χ4v) is 1.89. The lowest BCUT2D eigenvalue weighted by Gasteiger charge is -2.17. The molecule has 1 aliphatic heterocycles. The first-order valence-electron chi connectivity index (χ1n) is 5.38. The number of nitrogens with zero attached hydrogens (tertiary/aromatic N) is 2. The normalized spacial score (nSPS) is 31.8. The average Bonchev–Trinajstić information content (AvgIpc) is 2.64. The Labute approximate surface area is 101 Å². The fourth-order valence-electron chi connectivity index (χ4n) is 1.89. The molecule has 1 saturated heterocycles. The van der Waals surface area contributed by atoms with Gasteiger partial charge in [-0.1, -0.05) is 0 Å². The Bertz CT molecular complexity index is 550. The molecule has 8 heteroatoms. The van der Waals surface area contributed by atoms with Gasteiger partial charge in [0.25, 0.3) is 5.56 Å².